The highest BCUT2D eigenvalue weighted by Gasteiger charge is 2.47. The molecule has 3 heterocycles. The second-order valence-corrected chi connectivity index (χ2v) is 7.70. The van der Waals surface area contributed by atoms with Crippen LogP contribution in [0.15, 0.2) is 12.1 Å². The number of thioether (sulfide) groups is 1. The molecule has 26 heavy (non-hydrogen) atoms. The van der Waals surface area contributed by atoms with Gasteiger partial charge in [-0.1, -0.05) is 0 Å². The maximum Gasteiger partial charge on any atom is 0.415 e. The van der Waals surface area contributed by atoms with E-state index in [1.807, 2.05) is 16.7 Å². The van der Waals surface area contributed by atoms with Crippen LogP contribution in [-0.2, 0) is 9.53 Å². The Kier molecular flexibility index (Phi) is 4.56. The number of nitrogens with zero attached hydrogens (tertiary/aromatic N) is 2. The number of carbonyl (C=O) groups is 2. The third-order valence-corrected chi connectivity index (χ3v) is 5.75. The third kappa shape index (κ3) is 3.04. The zero-order valence-electron chi connectivity index (χ0n) is 14.4. The van der Waals surface area contributed by atoms with E-state index in [0.29, 0.717) is 17.1 Å². The number of carbonyl (C=O) groups excluding carboxylic acids is 2. The van der Waals surface area contributed by atoms with Crippen molar-refractivity contribution in [2.75, 3.05) is 47.5 Å². The van der Waals surface area contributed by atoms with Crippen LogP contribution in [0.25, 0.3) is 0 Å². The van der Waals surface area contributed by atoms with Crippen molar-refractivity contribution >= 4 is 35.1 Å². The zero-order chi connectivity index (χ0) is 18.3. The molecule has 7 nitrogen and oxygen atoms in total. The number of fused-ring (bicyclic) bond motifs is 3. The molecule has 3 aliphatic heterocycles. The first-order valence-electron chi connectivity index (χ1n) is 8.58. The Balaban J connectivity index is 1.60. The molecule has 0 unspecified atom stereocenters. The maximum absolute atomic E-state index is 14.8. The van der Waals surface area contributed by atoms with E-state index < -0.39 is 18.2 Å². The van der Waals surface area contributed by atoms with Crippen molar-refractivity contribution in [3.8, 4) is 5.75 Å². The molecule has 2 atom stereocenters. The molecule has 2 amide bonds. The van der Waals surface area contributed by atoms with Crippen LogP contribution in [0.4, 0.5) is 20.6 Å². The van der Waals surface area contributed by atoms with Crippen molar-refractivity contribution in [1.29, 1.82) is 0 Å². The van der Waals surface area contributed by atoms with Gasteiger partial charge in [0.15, 0.2) is 0 Å². The summed E-state index contributed by atoms with van der Waals surface area (Å²) in [6, 6.07) is 2.63. The van der Waals surface area contributed by atoms with Gasteiger partial charge in [0, 0.05) is 43.7 Å². The summed E-state index contributed by atoms with van der Waals surface area (Å²) in [5, 5.41) is 2.65. The number of rotatable bonds is 3. The van der Waals surface area contributed by atoms with Crippen LogP contribution < -0.4 is 19.9 Å². The number of benzene rings is 1. The lowest BCUT2D eigenvalue weighted by atomic mass is 10.1. The number of nitrogens with one attached hydrogen (secondary N) is 1. The van der Waals surface area contributed by atoms with Gasteiger partial charge in [0.2, 0.25) is 5.91 Å². The zero-order valence-corrected chi connectivity index (χ0v) is 15.2. The van der Waals surface area contributed by atoms with Gasteiger partial charge in [-0.25, -0.2) is 9.18 Å². The van der Waals surface area contributed by atoms with E-state index in [9.17, 15) is 14.0 Å². The van der Waals surface area contributed by atoms with Gasteiger partial charge in [-0.15, -0.1) is 0 Å². The van der Waals surface area contributed by atoms with Gasteiger partial charge in [0.05, 0.1) is 17.9 Å². The van der Waals surface area contributed by atoms with Gasteiger partial charge >= 0.3 is 6.09 Å². The first-order valence-corrected chi connectivity index (χ1v) is 9.73. The number of amides is 2. The highest BCUT2D eigenvalue weighted by Crippen LogP contribution is 2.42. The molecule has 2 saturated heterocycles. The van der Waals surface area contributed by atoms with Gasteiger partial charge in [0.25, 0.3) is 0 Å². The molecule has 4 rings (SSSR count). The molecule has 0 aromatic heterocycles. The molecule has 3 aliphatic rings. The molecule has 0 spiro atoms. The Labute approximate surface area is 154 Å². The van der Waals surface area contributed by atoms with Crippen LogP contribution in [0.2, 0.25) is 0 Å². The van der Waals surface area contributed by atoms with Crippen molar-refractivity contribution in [3.63, 3.8) is 0 Å². The summed E-state index contributed by atoms with van der Waals surface area (Å²) in [4.78, 5) is 26.9. The van der Waals surface area contributed by atoms with Gasteiger partial charge < -0.3 is 19.7 Å². The van der Waals surface area contributed by atoms with E-state index in [-0.39, 0.29) is 24.9 Å². The fraction of sp³-hybridized carbons (Fsp3) is 0.529. The Morgan fingerprint density at radius 1 is 1.35 bits per heavy atom. The van der Waals surface area contributed by atoms with E-state index in [2.05, 4.69) is 5.32 Å². The number of anilines is 2. The van der Waals surface area contributed by atoms with Crippen LogP contribution in [0, 0.1) is 5.82 Å². The monoisotopic (exact) mass is 381 g/mol. The number of cyclic esters (lactones) is 1. The Hall–Kier alpha value is -2.16. The first-order chi connectivity index (χ1) is 12.5. The topological polar surface area (TPSA) is 71.1 Å². The molecule has 9 heteroatoms. The van der Waals surface area contributed by atoms with Crippen molar-refractivity contribution in [2.24, 2.45) is 0 Å². The molecule has 0 radical (unpaired) electrons. The van der Waals surface area contributed by atoms with E-state index >= 15 is 0 Å². The van der Waals surface area contributed by atoms with Crippen LogP contribution in [0.1, 0.15) is 6.92 Å². The molecular weight excluding hydrogens is 361 g/mol. The minimum Gasteiger partial charge on any atom is -0.489 e. The predicted octanol–water partition coefficient (Wildman–Crippen LogP) is 1.60. The minimum absolute atomic E-state index is 0.201. The summed E-state index contributed by atoms with van der Waals surface area (Å²) >= 11 is 1.85. The summed E-state index contributed by atoms with van der Waals surface area (Å²) < 4.78 is 25.9. The second-order valence-electron chi connectivity index (χ2n) is 6.48. The predicted molar refractivity (Wildman–Crippen MR) is 96.7 cm³/mol. The average Bonchev–Trinajstić information content (AvgIpc) is 2.96. The lowest BCUT2D eigenvalue weighted by Crippen LogP contribution is -2.47. The van der Waals surface area contributed by atoms with E-state index in [1.165, 1.54) is 17.9 Å². The van der Waals surface area contributed by atoms with Gasteiger partial charge in [-0.3, -0.25) is 9.69 Å². The molecule has 0 saturated carbocycles. The number of halogens is 1. The van der Waals surface area contributed by atoms with Gasteiger partial charge in [-0.2, -0.15) is 11.8 Å². The molecule has 1 aromatic rings. The Morgan fingerprint density at radius 2 is 2.12 bits per heavy atom. The summed E-state index contributed by atoms with van der Waals surface area (Å²) in [6.45, 7) is 3.41. The van der Waals surface area contributed by atoms with Crippen LogP contribution in [0.5, 0.6) is 5.75 Å². The molecule has 1 N–H and O–H groups in total. The van der Waals surface area contributed by atoms with Crippen molar-refractivity contribution in [2.45, 2.75) is 19.1 Å². The quantitative estimate of drug-likeness (QED) is 0.858. The Morgan fingerprint density at radius 3 is 2.85 bits per heavy atom. The molecule has 140 valence electrons. The largest absolute Gasteiger partial charge is 0.489 e. The normalized spacial score (nSPS) is 24.5. The van der Waals surface area contributed by atoms with Gasteiger partial charge in [-0.05, 0) is 0 Å². The SMILES string of the molecule is CC(=O)NC[C@@H]1OC(=O)N2c3cc(F)c(N4CCSCC4)cc3OC[C@H]12. The first kappa shape index (κ1) is 17.3. The smallest absolute Gasteiger partial charge is 0.415 e. The third-order valence-electron chi connectivity index (χ3n) is 4.81. The number of ether oxygens (including phenoxy) is 2. The van der Waals surface area contributed by atoms with E-state index in [1.54, 1.807) is 6.07 Å². The average molecular weight is 381 g/mol. The van der Waals surface area contributed by atoms with Crippen LogP contribution in [-0.4, -0.2) is 61.9 Å². The van der Waals surface area contributed by atoms with Crippen LogP contribution >= 0.6 is 11.8 Å². The second kappa shape index (κ2) is 6.86. The molecule has 2 fully saturated rings. The minimum atomic E-state index is -0.545. The fourth-order valence-corrected chi connectivity index (χ4v) is 4.41. The highest BCUT2D eigenvalue weighted by molar-refractivity contribution is 7.99. The standard InChI is InChI=1S/C17H20FN3O4S/c1-10(22)19-8-16-14-9-24-15-7-12(20-2-4-26-5-3-20)11(18)6-13(15)21(14)17(23)25-16/h6-7,14,16H,2-5,8-9H2,1H3,(H,19,22)/t14-,16+/m1/s1. The van der Waals surface area contributed by atoms with E-state index in [4.69, 9.17) is 9.47 Å². The molecule has 1 aromatic carbocycles. The maximum atomic E-state index is 14.8. The molecule has 0 aliphatic carbocycles. The lowest BCUT2D eigenvalue weighted by Gasteiger charge is -2.34. The van der Waals surface area contributed by atoms with Crippen LogP contribution in [0.3, 0.4) is 0 Å². The lowest BCUT2D eigenvalue weighted by molar-refractivity contribution is -0.119. The number of hydrogen-bond acceptors (Lipinski definition) is 6. The summed E-state index contributed by atoms with van der Waals surface area (Å²) in [5.74, 6) is 1.82. The van der Waals surface area contributed by atoms with Crippen molar-refractivity contribution in [1.82, 2.24) is 5.32 Å². The molecule has 0 bridgehead atoms. The van der Waals surface area contributed by atoms with Crippen molar-refractivity contribution < 1.29 is 23.5 Å². The fourth-order valence-electron chi connectivity index (χ4n) is 3.51. The molecular formula is C17H20FN3O4S. The van der Waals surface area contributed by atoms with E-state index in [0.717, 1.165) is 24.6 Å². The summed E-state index contributed by atoms with van der Waals surface area (Å²) in [5.41, 5.74) is 0.883. The summed E-state index contributed by atoms with van der Waals surface area (Å²) in [7, 11) is 0. The van der Waals surface area contributed by atoms with Crippen molar-refractivity contribution in [3.05, 3.63) is 17.9 Å². The Bertz CT molecular complexity index is 741. The number of hydrogen-bond donors (Lipinski definition) is 1. The summed E-state index contributed by atoms with van der Waals surface area (Å²) in [6.07, 6.45) is -1.07. The van der Waals surface area contributed by atoms with Gasteiger partial charge in [0.1, 0.15) is 30.3 Å². The highest BCUT2D eigenvalue weighted by atomic mass is 32.2.